The fourth-order valence-corrected chi connectivity index (χ4v) is 1.13. The molecule has 3 nitrogen and oxygen atoms in total. The van der Waals surface area contributed by atoms with E-state index in [1.807, 2.05) is 30.3 Å². The maximum absolute atomic E-state index is 9.07. The largest absolute Gasteiger partial charge is 0.508 e. The molecule has 2 aromatic rings. The van der Waals surface area contributed by atoms with Crippen LogP contribution < -0.4 is 0 Å². The second-order valence-electron chi connectivity index (χ2n) is 3.05. The summed E-state index contributed by atoms with van der Waals surface area (Å²) in [6.07, 6.45) is 0. The van der Waals surface area contributed by atoms with Crippen LogP contribution in [0.4, 0.5) is 11.4 Å². The molecule has 0 bridgehead atoms. The van der Waals surface area contributed by atoms with Crippen LogP contribution in [0.15, 0.2) is 64.8 Å². The molecule has 0 atom stereocenters. The van der Waals surface area contributed by atoms with Crippen molar-refractivity contribution in [2.24, 2.45) is 10.2 Å². The second-order valence-corrected chi connectivity index (χ2v) is 3.05. The minimum atomic E-state index is 0.230. The van der Waals surface area contributed by atoms with Crippen LogP contribution in [0.1, 0.15) is 0 Å². The number of aromatic hydroxyl groups is 1. The molecule has 0 radical (unpaired) electrons. The lowest BCUT2D eigenvalue weighted by Gasteiger charge is -1.93. The third-order valence-electron chi connectivity index (χ3n) is 1.89. The first-order valence-corrected chi connectivity index (χ1v) is 4.60. The average Bonchev–Trinajstić information content (AvgIpc) is 2.30. The van der Waals surface area contributed by atoms with Crippen LogP contribution in [0.3, 0.4) is 0 Å². The van der Waals surface area contributed by atoms with E-state index in [1.54, 1.807) is 24.3 Å². The summed E-state index contributed by atoms with van der Waals surface area (Å²) < 4.78 is 0. The number of phenolic OH excluding ortho intramolecular Hbond substituents is 1. The highest BCUT2D eigenvalue weighted by atomic mass is 16.3. The van der Waals surface area contributed by atoms with Gasteiger partial charge in [-0.15, -0.1) is 0 Å². The van der Waals surface area contributed by atoms with Gasteiger partial charge < -0.3 is 5.11 Å². The van der Waals surface area contributed by atoms with Crippen LogP contribution in [0.5, 0.6) is 5.75 Å². The second kappa shape index (κ2) is 4.37. The van der Waals surface area contributed by atoms with Crippen molar-refractivity contribution in [1.82, 2.24) is 0 Å². The normalized spacial score (nSPS) is 10.7. The Morgan fingerprint density at radius 1 is 0.667 bits per heavy atom. The summed E-state index contributed by atoms with van der Waals surface area (Å²) in [7, 11) is 0. The molecule has 0 spiro atoms. The molecule has 0 aliphatic heterocycles. The van der Waals surface area contributed by atoms with Gasteiger partial charge in [0.2, 0.25) is 0 Å². The Labute approximate surface area is 87.7 Å². The Hall–Kier alpha value is -2.16. The molecule has 0 aliphatic carbocycles. The molecular weight excluding hydrogens is 188 g/mol. The summed E-state index contributed by atoms with van der Waals surface area (Å²) in [5.41, 5.74) is 1.53. The van der Waals surface area contributed by atoms with Gasteiger partial charge in [0.1, 0.15) is 5.75 Å². The van der Waals surface area contributed by atoms with Gasteiger partial charge in [-0.05, 0) is 36.4 Å². The third-order valence-corrected chi connectivity index (χ3v) is 1.89. The molecule has 0 unspecified atom stereocenters. The van der Waals surface area contributed by atoms with E-state index in [9.17, 15) is 0 Å². The molecule has 2 aromatic carbocycles. The molecule has 0 heterocycles. The van der Waals surface area contributed by atoms with Crippen molar-refractivity contribution in [2.45, 2.75) is 0 Å². The minimum absolute atomic E-state index is 0.230. The predicted octanol–water partition coefficient (Wildman–Crippen LogP) is 3.81. The first kappa shape index (κ1) is 9.40. The molecule has 0 aromatic heterocycles. The molecule has 0 fully saturated rings. The molecule has 15 heavy (non-hydrogen) atoms. The van der Waals surface area contributed by atoms with Crippen molar-refractivity contribution in [3.8, 4) is 5.75 Å². The summed E-state index contributed by atoms with van der Waals surface area (Å²) in [4.78, 5) is 0. The Morgan fingerprint density at radius 2 is 1.20 bits per heavy atom. The van der Waals surface area contributed by atoms with E-state index in [1.165, 1.54) is 0 Å². The Kier molecular flexibility index (Phi) is 2.74. The maximum Gasteiger partial charge on any atom is 0.115 e. The van der Waals surface area contributed by atoms with Crippen molar-refractivity contribution in [3.05, 3.63) is 54.6 Å². The van der Waals surface area contributed by atoms with Crippen LogP contribution >= 0.6 is 0 Å². The van der Waals surface area contributed by atoms with E-state index in [0.717, 1.165) is 11.4 Å². The zero-order valence-electron chi connectivity index (χ0n) is 8.04. The predicted molar refractivity (Wildman–Crippen MR) is 58.7 cm³/mol. The van der Waals surface area contributed by atoms with Crippen LogP contribution in [0.25, 0.3) is 0 Å². The molecule has 3 heteroatoms. The van der Waals surface area contributed by atoms with Gasteiger partial charge in [-0.1, -0.05) is 18.2 Å². The number of rotatable bonds is 2. The monoisotopic (exact) mass is 198 g/mol. The van der Waals surface area contributed by atoms with Gasteiger partial charge in [0.25, 0.3) is 0 Å². The lowest BCUT2D eigenvalue weighted by molar-refractivity contribution is 0.475. The molecule has 0 saturated carbocycles. The lowest BCUT2D eigenvalue weighted by Crippen LogP contribution is -1.64. The van der Waals surface area contributed by atoms with Crippen molar-refractivity contribution >= 4 is 11.4 Å². The Bertz CT molecular complexity index is 449. The third kappa shape index (κ3) is 2.64. The molecule has 74 valence electrons. The topological polar surface area (TPSA) is 45.0 Å². The van der Waals surface area contributed by atoms with Crippen LogP contribution in [-0.4, -0.2) is 5.11 Å². The number of azo groups is 1. The summed E-state index contributed by atoms with van der Waals surface area (Å²) in [5, 5.41) is 17.2. The van der Waals surface area contributed by atoms with Gasteiger partial charge in [-0.25, -0.2) is 0 Å². The summed E-state index contributed by atoms with van der Waals surface area (Å²) >= 11 is 0. The number of nitrogens with zero attached hydrogens (tertiary/aromatic N) is 2. The molecule has 0 amide bonds. The van der Waals surface area contributed by atoms with Crippen molar-refractivity contribution in [2.75, 3.05) is 0 Å². The van der Waals surface area contributed by atoms with Gasteiger partial charge in [0.05, 0.1) is 11.4 Å². The summed E-state index contributed by atoms with van der Waals surface area (Å²) in [6, 6.07) is 16.1. The molecule has 2 rings (SSSR count). The van der Waals surface area contributed by atoms with Gasteiger partial charge in [0, 0.05) is 0 Å². The van der Waals surface area contributed by atoms with Crippen molar-refractivity contribution in [1.29, 1.82) is 0 Å². The van der Waals surface area contributed by atoms with E-state index < -0.39 is 0 Å². The van der Waals surface area contributed by atoms with E-state index >= 15 is 0 Å². The van der Waals surface area contributed by atoms with E-state index in [0.29, 0.717) is 0 Å². The highest BCUT2D eigenvalue weighted by Gasteiger charge is 1.90. The Morgan fingerprint density at radius 3 is 1.80 bits per heavy atom. The average molecular weight is 198 g/mol. The molecular formula is C12H10N2O. The van der Waals surface area contributed by atoms with Gasteiger partial charge >= 0.3 is 0 Å². The van der Waals surface area contributed by atoms with Crippen molar-refractivity contribution < 1.29 is 5.11 Å². The molecule has 0 aliphatic rings. The number of hydrogen-bond donors (Lipinski definition) is 1. The number of benzene rings is 2. The maximum atomic E-state index is 9.07. The lowest BCUT2D eigenvalue weighted by atomic mass is 10.3. The zero-order valence-corrected chi connectivity index (χ0v) is 8.04. The quantitative estimate of drug-likeness (QED) is 0.732. The van der Waals surface area contributed by atoms with Crippen LogP contribution in [-0.2, 0) is 0 Å². The van der Waals surface area contributed by atoms with Gasteiger partial charge in [0.15, 0.2) is 0 Å². The smallest absolute Gasteiger partial charge is 0.115 e. The first-order chi connectivity index (χ1) is 7.34. The van der Waals surface area contributed by atoms with Gasteiger partial charge in [-0.2, -0.15) is 10.2 Å². The standard InChI is InChI=1S/C12H10N2O/c15-12-8-6-11(7-9-12)14-13-10-4-2-1-3-5-10/h1-9,15H/b14-13+. The van der Waals surface area contributed by atoms with E-state index in [4.69, 9.17) is 5.11 Å². The first-order valence-electron chi connectivity index (χ1n) is 4.60. The fraction of sp³-hybridized carbons (Fsp3) is 0. The number of hydrogen-bond acceptors (Lipinski definition) is 3. The summed E-state index contributed by atoms with van der Waals surface area (Å²) in [5.74, 6) is 0.230. The van der Waals surface area contributed by atoms with Crippen LogP contribution in [0, 0.1) is 0 Å². The van der Waals surface area contributed by atoms with Gasteiger partial charge in [-0.3, -0.25) is 0 Å². The number of phenols is 1. The Balaban J connectivity index is 2.15. The SMILES string of the molecule is Oc1ccc(/N=N/c2ccccc2)cc1. The van der Waals surface area contributed by atoms with Crippen LogP contribution in [0.2, 0.25) is 0 Å². The minimum Gasteiger partial charge on any atom is -0.508 e. The highest BCUT2D eigenvalue weighted by molar-refractivity contribution is 5.42. The molecule has 1 N–H and O–H groups in total. The highest BCUT2D eigenvalue weighted by Crippen LogP contribution is 2.19. The van der Waals surface area contributed by atoms with E-state index in [2.05, 4.69) is 10.2 Å². The fourth-order valence-electron chi connectivity index (χ4n) is 1.13. The zero-order chi connectivity index (χ0) is 10.5. The van der Waals surface area contributed by atoms with E-state index in [-0.39, 0.29) is 5.75 Å². The van der Waals surface area contributed by atoms with Crippen molar-refractivity contribution in [3.63, 3.8) is 0 Å². The summed E-state index contributed by atoms with van der Waals surface area (Å²) in [6.45, 7) is 0. The molecule has 0 saturated heterocycles.